The van der Waals surface area contributed by atoms with Gasteiger partial charge in [0.25, 0.3) is 0 Å². The largest absolute Gasteiger partial charge is 0.508 e. The molecule has 1 unspecified atom stereocenters. The number of rotatable bonds is 3. The molecule has 0 fully saturated rings. The molecule has 2 rings (SSSR count). The fourth-order valence-electron chi connectivity index (χ4n) is 1.56. The van der Waals surface area contributed by atoms with Crippen LogP contribution in [0, 0.1) is 0 Å². The molecule has 7 heteroatoms. The summed E-state index contributed by atoms with van der Waals surface area (Å²) in [6, 6.07) is 7.84. The maximum Gasteiger partial charge on any atom is 0.360 e. The molecule has 94 valence electrons. The first-order chi connectivity index (χ1) is 8.46. The minimum absolute atomic E-state index is 0.0456. The van der Waals surface area contributed by atoms with Gasteiger partial charge >= 0.3 is 7.67 Å². The second kappa shape index (κ2) is 4.78. The minimum atomic E-state index is -3.90. The summed E-state index contributed by atoms with van der Waals surface area (Å²) in [4.78, 5) is 13.1. The van der Waals surface area contributed by atoms with Crippen molar-refractivity contribution in [1.29, 1.82) is 0 Å². The molecule has 1 heterocycles. The molecule has 5 N–H and O–H groups in total. The number of nitrogens with one attached hydrogen (secondary N) is 1. The highest BCUT2D eigenvalue weighted by Crippen LogP contribution is 2.38. The van der Waals surface area contributed by atoms with Crippen molar-refractivity contribution in [2.75, 3.05) is 5.09 Å². The summed E-state index contributed by atoms with van der Waals surface area (Å²) in [6.07, 6.45) is 3.19. The number of nitrogens with zero attached hydrogens (tertiary/aromatic N) is 1. The first-order valence-corrected chi connectivity index (χ1v) is 6.82. The number of aromatic nitrogens is 1. The van der Waals surface area contributed by atoms with Crippen molar-refractivity contribution in [3.8, 4) is 16.9 Å². The van der Waals surface area contributed by atoms with E-state index in [1.165, 1.54) is 18.2 Å². The van der Waals surface area contributed by atoms with Crippen molar-refractivity contribution in [2.45, 2.75) is 0 Å². The van der Waals surface area contributed by atoms with Crippen LogP contribution in [0.2, 0.25) is 0 Å². The first-order valence-electron chi connectivity index (χ1n) is 5.09. The molecule has 0 spiro atoms. The Kier molecular flexibility index (Phi) is 3.34. The van der Waals surface area contributed by atoms with Gasteiger partial charge in [0.05, 0.1) is 5.69 Å². The summed E-state index contributed by atoms with van der Waals surface area (Å²) in [7, 11) is -3.90. The van der Waals surface area contributed by atoms with Crippen LogP contribution in [-0.4, -0.2) is 15.0 Å². The topological polar surface area (TPSA) is 108 Å². The summed E-state index contributed by atoms with van der Waals surface area (Å²) in [5.41, 5.74) is 6.67. The molecule has 0 amide bonds. The van der Waals surface area contributed by atoms with Crippen molar-refractivity contribution in [2.24, 2.45) is 5.50 Å². The number of benzene rings is 1. The van der Waals surface area contributed by atoms with Crippen LogP contribution in [0.3, 0.4) is 0 Å². The number of hydrogen-bond acceptors (Lipinski definition) is 3. The molecule has 0 radical (unpaired) electrons. The summed E-state index contributed by atoms with van der Waals surface area (Å²) >= 11 is 0. The number of nitrogens with two attached hydrogens (primary N) is 1. The molecule has 6 nitrogen and oxygen atoms in total. The van der Waals surface area contributed by atoms with Crippen LogP contribution in [0.5, 0.6) is 5.75 Å². The lowest BCUT2D eigenvalue weighted by atomic mass is 10.1. The minimum Gasteiger partial charge on any atom is -0.508 e. The van der Waals surface area contributed by atoms with E-state index in [9.17, 15) is 9.67 Å². The Labute approximate surface area is 104 Å². The van der Waals surface area contributed by atoms with E-state index in [1.54, 1.807) is 24.5 Å². The molecule has 0 aliphatic rings. The Balaban J connectivity index is 2.51. The number of anilines is 1. The van der Waals surface area contributed by atoms with Crippen molar-refractivity contribution in [1.82, 2.24) is 4.98 Å². The normalized spacial score (nSPS) is 13.9. The Morgan fingerprint density at radius 2 is 2.11 bits per heavy atom. The van der Waals surface area contributed by atoms with E-state index < -0.39 is 7.67 Å². The lowest BCUT2D eigenvalue weighted by Gasteiger charge is -2.14. The van der Waals surface area contributed by atoms with Gasteiger partial charge in [0.2, 0.25) is 0 Å². The van der Waals surface area contributed by atoms with E-state index in [1.807, 2.05) is 0 Å². The highest BCUT2D eigenvalue weighted by Gasteiger charge is 2.14. The SMILES string of the molecule is NP(=O)(O)Nc1ccc(O)cc1-c1cccnc1. The lowest BCUT2D eigenvalue weighted by Crippen LogP contribution is -2.05. The van der Waals surface area contributed by atoms with Gasteiger partial charge in [-0.2, -0.15) is 0 Å². The fourth-order valence-corrected chi connectivity index (χ4v) is 2.10. The molecule has 0 aliphatic carbocycles. The van der Waals surface area contributed by atoms with Gasteiger partial charge in [-0.3, -0.25) is 4.98 Å². The second-order valence-corrected chi connectivity index (χ2v) is 5.18. The van der Waals surface area contributed by atoms with E-state index in [2.05, 4.69) is 10.1 Å². The average Bonchev–Trinajstić information content (AvgIpc) is 2.31. The molecule has 18 heavy (non-hydrogen) atoms. The number of phenolic OH excluding ortho intramolecular Hbond substituents is 1. The summed E-state index contributed by atoms with van der Waals surface area (Å²) in [5, 5.41) is 11.8. The van der Waals surface area contributed by atoms with Crippen LogP contribution < -0.4 is 10.6 Å². The van der Waals surface area contributed by atoms with Gasteiger partial charge in [-0.05, 0) is 24.3 Å². The molecule has 1 aromatic carbocycles. The predicted octanol–water partition coefficient (Wildman–Crippen LogP) is 1.93. The maximum atomic E-state index is 11.2. The Morgan fingerprint density at radius 3 is 2.72 bits per heavy atom. The quantitative estimate of drug-likeness (QED) is 0.498. The van der Waals surface area contributed by atoms with Crippen LogP contribution in [0.4, 0.5) is 5.69 Å². The zero-order valence-corrected chi connectivity index (χ0v) is 10.2. The van der Waals surface area contributed by atoms with Gasteiger partial charge in [0, 0.05) is 23.5 Å². The third kappa shape index (κ3) is 3.07. The second-order valence-electron chi connectivity index (χ2n) is 3.71. The van der Waals surface area contributed by atoms with Gasteiger partial charge in [0.15, 0.2) is 0 Å². The Bertz CT molecular complexity index is 598. The molecule has 0 bridgehead atoms. The van der Waals surface area contributed by atoms with Gasteiger partial charge < -0.3 is 15.1 Å². The van der Waals surface area contributed by atoms with Gasteiger partial charge in [-0.25, -0.2) is 10.1 Å². The van der Waals surface area contributed by atoms with Crippen LogP contribution in [0.1, 0.15) is 0 Å². The monoisotopic (exact) mass is 265 g/mol. The van der Waals surface area contributed by atoms with Crippen LogP contribution in [-0.2, 0) is 4.57 Å². The van der Waals surface area contributed by atoms with Gasteiger partial charge in [0.1, 0.15) is 5.75 Å². The van der Waals surface area contributed by atoms with E-state index in [0.29, 0.717) is 16.8 Å². The zero-order chi connectivity index (χ0) is 13.2. The maximum absolute atomic E-state index is 11.2. The molecule has 1 atom stereocenters. The Morgan fingerprint density at radius 1 is 1.33 bits per heavy atom. The van der Waals surface area contributed by atoms with Crippen LogP contribution in [0.15, 0.2) is 42.7 Å². The number of pyridine rings is 1. The summed E-state index contributed by atoms with van der Waals surface area (Å²) in [6.45, 7) is 0. The summed E-state index contributed by atoms with van der Waals surface area (Å²) < 4.78 is 11.2. The highest BCUT2D eigenvalue weighted by molar-refractivity contribution is 7.57. The third-order valence-electron chi connectivity index (χ3n) is 2.26. The third-order valence-corrected chi connectivity index (χ3v) is 2.82. The number of hydrogen-bond donors (Lipinski definition) is 4. The smallest absolute Gasteiger partial charge is 0.360 e. The van der Waals surface area contributed by atoms with Gasteiger partial charge in [-0.15, -0.1) is 0 Å². The number of phenols is 1. The molecule has 1 aromatic heterocycles. The average molecular weight is 265 g/mol. The van der Waals surface area contributed by atoms with Crippen molar-refractivity contribution < 1.29 is 14.6 Å². The molecule has 0 saturated carbocycles. The molecular formula is C11H12N3O3P. The zero-order valence-electron chi connectivity index (χ0n) is 9.32. The molecule has 0 saturated heterocycles. The van der Waals surface area contributed by atoms with Crippen molar-refractivity contribution in [3.05, 3.63) is 42.7 Å². The lowest BCUT2D eigenvalue weighted by molar-refractivity contribution is 0.475. The highest BCUT2D eigenvalue weighted by atomic mass is 31.2. The van der Waals surface area contributed by atoms with Gasteiger partial charge in [-0.1, -0.05) is 6.07 Å². The summed E-state index contributed by atoms with van der Waals surface area (Å²) in [5.74, 6) is 0.0456. The van der Waals surface area contributed by atoms with Crippen molar-refractivity contribution in [3.63, 3.8) is 0 Å². The molecule has 2 aromatic rings. The fraction of sp³-hybridized carbons (Fsp3) is 0. The molecule has 0 aliphatic heterocycles. The number of aromatic hydroxyl groups is 1. The van der Waals surface area contributed by atoms with E-state index in [4.69, 9.17) is 10.4 Å². The standard InChI is InChI=1S/C11H12N3O3P/c12-18(16,17)14-11-4-3-9(15)6-10(11)8-2-1-5-13-7-8/h1-7,15H,(H4,12,14,16,17). The van der Waals surface area contributed by atoms with Crippen LogP contribution >= 0.6 is 7.67 Å². The molecular weight excluding hydrogens is 253 g/mol. The Hall–Kier alpha value is -1.88. The van der Waals surface area contributed by atoms with E-state index in [-0.39, 0.29) is 5.75 Å². The predicted molar refractivity (Wildman–Crippen MR) is 69.0 cm³/mol. The van der Waals surface area contributed by atoms with E-state index in [0.717, 1.165) is 0 Å². The van der Waals surface area contributed by atoms with Crippen LogP contribution in [0.25, 0.3) is 11.1 Å². The van der Waals surface area contributed by atoms with Crippen molar-refractivity contribution >= 4 is 13.4 Å². The van der Waals surface area contributed by atoms with E-state index >= 15 is 0 Å². The first kappa shape index (κ1) is 12.6.